The maximum absolute atomic E-state index is 12.0. The highest BCUT2D eigenvalue weighted by Gasteiger charge is 2.13. The number of hydrogen-bond donors (Lipinski definition) is 2. The minimum atomic E-state index is 0.00311. The number of hydrogen-bond acceptors (Lipinski definition) is 3. The third-order valence-electron chi connectivity index (χ3n) is 3.04. The summed E-state index contributed by atoms with van der Waals surface area (Å²) in [6.45, 7) is 5.89. The van der Waals surface area contributed by atoms with Crippen LogP contribution in [0.4, 0.5) is 5.69 Å². The van der Waals surface area contributed by atoms with E-state index in [1.54, 1.807) is 12.4 Å². The summed E-state index contributed by atoms with van der Waals surface area (Å²) in [6, 6.07) is 2.09. The molecule has 3 N–H and O–H groups in total. The Hall–Kier alpha value is -1.42. The fourth-order valence-corrected chi connectivity index (χ4v) is 1.73. The van der Waals surface area contributed by atoms with Crippen LogP contribution in [0, 0.1) is 12.8 Å². The molecular formula is C14H23N3O. The fraction of sp³-hybridized carbons (Fsp3) is 0.571. The van der Waals surface area contributed by atoms with Crippen LogP contribution in [-0.2, 0) is 4.79 Å². The van der Waals surface area contributed by atoms with Crippen LogP contribution in [0.25, 0.3) is 0 Å². The van der Waals surface area contributed by atoms with Crippen LogP contribution in [0.3, 0.4) is 0 Å². The number of aryl methyl sites for hydroxylation is 1. The average molecular weight is 249 g/mol. The lowest BCUT2D eigenvalue weighted by atomic mass is 10.0. The van der Waals surface area contributed by atoms with Crippen molar-refractivity contribution >= 4 is 11.6 Å². The first-order chi connectivity index (χ1) is 8.50. The van der Waals surface area contributed by atoms with E-state index in [9.17, 15) is 4.79 Å². The molecule has 0 radical (unpaired) electrons. The second-order valence-corrected chi connectivity index (χ2v) is 4.99. The number of amides is 1. The summed E-state index contributed by atoms with van der Waals surface area (Å²) in [5.41, 5.74) is 7.51. The molecule has 2 atom stereocenters. The Balaban J connectivity index is 2.43. The maximum atomic E-state index is 12.0. The van der Waals surface area contributed by atoms with Crippen LogP contribution in [0.15, 0.2) is 18.5 Å². The lowest BCUT2D eigenvalue weighted by Crippen LogP contribution is -2.22. The van der Waals surface area contributed by atoms with E-state index in [0.717, 1.165) is 30.5 Å². The van der Waals surface area contributed by atoms with Crippen molar-refractivity contribution in [2.24, 2.45) is 11.7 Å². The highest BCUT2D eigenvalue weighted by atomic mass is 16.1. The van der Waals surface area contributed by atoms with E-state index in [1.165, 1.54) is 0 Å². The number of nitrogens with two attached hydrogens (primary N) is 1. The monoisotopic (exact) mass is 249 g/mol. The number of carbonyl (C=O) groups excluding carboxylic acids is 1. The first-order valence-electron chi connectivity index (χ1n) is 6.47. The Morgan fingerprint density at radius 1 is 1.44 bits per heavy atom. The number of nitrogens with zero attached hydrogens (tertiary/aromatic N) is 1. The smallest absolute Gasteiger partial charge is 0.227 e. The van der Waals surface area contributed by atoms with Gasteiger partial charge in [-0.15, -0.1) is 0 Å². The van der Waals surface area contributed by atoms with E-state index < -0.39 is 0 Å². The number of rotatable bonds is 6. The van der Waals surface area contributed by atoms with Gasteiger partial charge < -0.3 is 11.1 Å². The standard InChI is InChI=1S/C14H23N3O/c1-10-7-8-16-9-13(10)17-14(18)11(2)5-4-6-12(3)15/h7-9,11-12H,4-6,15H2,1-3H3,(H,17,18). The minimum absolute atomic E-state index is 0.00311. The van der Waals surface area contributed by atoms with E-state index in [0.29, 0.717) is 0 Å². The molecular weight excluding hydrogens is 226 g/mol. The second-order valence-electron chi connectivity index (χ2n) is 4.99. The largest absolute Gasteiger partial charge is 0.328 e. The van der Waals surface area contributed by atoms with Crippen LogP contribution in [0.5, 0.6) is 0 Å². The van der Waals surface area contributed by atoms with Crippen LogP contribution in [-0.4, -0.2) is 16.9 Å². The molecule has 0 aliphatic carbocycles. The van der Waals surface area contributed by atoms with E-state index in [2.05, 4.69) is 10.3 Å². The van der Waals surface area contributed by atoms with E-state index in [1.807, 2.05) is 26.8 Å². The molecule has 1 rings (SSSR count). The van der Waals surface area contributed by atoms with Gasteiger partial charge in [-0.2, -0.15) is 0 Å². The number of aromatic nitrogens is 1. The van der Waals surface area contributed by atoms with Crippen molar-refractivity contribution in [3.63, 3.8) is 0 Å². The molecule has 0 fully saturated rings. The third-order valence-corrected chi connectivity index (χ3v) is 3.04. The van der Waals surface area contributed by atoms with Crippen molar-refractivity contribution in [1.29, 1.82) is 0 Å². The molecule has 100 valence electrons. The zero-order valence-corrected chi connectivity index (χ0v) is 11.4. The number of anilines is 1. The summed E-state index contributed by atoms with van der Waals surface area (Å²) in [5.74, 6) is 0.0548. The molecule has 0 saturated carbocycles. The lowest BCUT2D eigenvalue weighted by Gasteiger charge is -2.13. The molecule has 0 spiro atoms. The van der Waals surface area contributed by atoms with Gasteiger partial charge >= 0.3 is 0 Å². The summed E-state index contributed by atoms with van der Waals surface area (Å²) in [4.78, 5) is 16.0. The minimum Gasteiger partial charge on any atom is -0.328 e. The molecule has 1 amide bonds. The predicted octanol–water partition coefficient (Wildman–Crippen LogP) is 2.48. The number of pyridine rings is 1. The van der Waals surface area contributed by atoms with Gasteiger partial charge in [-0.3, -0.25) is 9.78 Å². The van der Waals surface area contributed by atoms with Crippen molar-refractivity contribution in [2.75, 3.05) is 5.32 Å². The van der Waals surface area contributed by atoms with Gasteiger partial charge in [0.2, 0.25) is 5.91 Å². The van der Waals surface area contributed by atoms with Gasteiger partial charge in [-0.1, -0.05) is 13.3 Å². The first kappa shape index (κ1) is 14.6. The average Bonchev–Trinajstić information content (AvgIpc) is 2.31. The molecule has 1 aromatic heterocycles. The van der Waals surface area contributed by atoms with Crippen LogP contribution < -0.4 is 11.1 Å². The summed E-state index contributed by atoms with van der Waals surface area (Å²) in [7, 11) is 0. The molecule has 1 aromatic rings. The lowest BCUT2D eigenvalue weighted by molar-refractivity contribution is -0.119. The first-order valence-corrected chi connectivity index (χ1v) is 6.47. The van der Waals surface area contributed by atoms with Crippen LogP contribution >= 0.6 is 0 Å². The van der Waals surface area contributed by atoms with Crippen molar-refractivity contribution < 1.29 is 4.79 Å². The van der Waals surface area contributed by atoms with E-state index in [-0.39, 0.29) is 17.9 Å². The van der Waals surface area contributed by atoms with Gasteiger partial charge in [0, 0.05) is 18.2 Å². The molecule has 0 saturated heterocycles. The Morgan fingerprint density at radius 3 is 2.78 bits per heavy atom. The van der Waals surface area contributed by atoms with Crippen molar-refractivity contribution in [1.82, 2.24) is 4.98 Å². The van der Waals surface area contributed by atoms with Gasteiger partial charge in [0.05, 0.1) is 11.9 Å². The van der Waals surface area contributed by atoms with Crippen molar-refractivity contribution in [3.05, 3.63) is 24.0 Å². The maximum Gasteiger partial charge on any atom is 0.227 e. The summed E-state index contributed by atoms with van der Waals surface area (Å²) in [5, 5.41) is 2.92. The van der Waals surface area contributed by atoms with Gasteiger partial charge in [0.25, 0.3) is 0 Å². The molecule has 0 aromatic carbocycles. The molecule has 0 aliphatic rings. The molecule has 18 heavy (non-hydrogen) atoms. The zero-order chi connectivity index (χ0) is 13.5. The highest BCUT2D eigenvalue weighted by Crippen LogP contribution is 2.15. The second kappa shape index (κ2) is 7.11. The molecule has 4 heteroatoms. The Bertz CT molecular complexity index is 390. The van der Waals surface area contributed by atoms with Crippen molar-refractivity contribution in [3.8, 4) is 0 Å². The number of carbonyl (C=O) groups is 1. The predicted molar refractivity (Wildman–Crippen MR) is 74.3 cm³/mol. The van der Waals surface area contributed by atoms with Crippen molar-refractivity contribution in [2.45, 2.75) is 46.1 Å². The van der Waals surface area contributed by atoms with E-state index in [4.69, 9.17) is 5.73 Å². The quantitative estimate of drug-likeness (QED) is 0.814. The number of nitrogens with one attached hydrogen (secondary N) is 1. The van der Waals surface area contributed by atoms with Crippen LogP contribution in [0.2, 0.25) is 0 Å². The normalized spacial score (nSPS) is 14.0. The molecule has 4 nitrogen and oxygen atoms in total. The van der Waals surface area contributed by atoms with Gasteiger partial charge in [-0.25, -0.2) is 0 Å². The third kappa shape index (κ3) is 4.84. The van der Waals surface area contributed by atoms with E-state index >= 15 is 0 Å². The highest BCUT2D eigenvalue weighted by molar-refractivity contribution is 5.92. The van der Waals surface area contributed by atoms with Gasteiger partial charge in [0.1, 0.15) is 0 Å². The van der Waals surface area contributed by atoms with Gasteiger partial charge in [0.15, 0.2) is 0 Å². The fourth-order valence-electron chi connectivity index (χ4n) is 1.73. The summed E-state index contributed by atoms with van der Waals surface area (Å²) >= 11 is 0. The topological polar surface area (TPSA) is 68.0 Å². The molecule has 0 bridgehead atoms. The molecule has 2 unspecified atom stereocenters. The molecule has 1 heterocycles. The van der Waals surface area contributed by atoms with Gasteiger partial charge in [-0.05, 0) is 38.3 Å². The Morgan fingerprint density at radius 2 is 2.17 bits per heavy atom. The Labute approximate surface area is 109 Å². The molecule has 0 aliphatic heterocycles. The summed E-state index contributed by atoms with van der Waals surface area (Å²) in [6.07, 6.45) is 6.22. The SMILES string of the molecule is Cc1ccncc1NC(=O)C(C)CCCC(C)N. The summed E-state index contributed by atoms with van der Waals surface area (Å²) < 4.78 is 0. The zero-order valence-electron chi connectivity index (χ0n) is 11.4. The Kier molecular flexibility index (Phi) is 5.78. The van der Waals surface area contributed by atoms with Crippen LogP contribution in [0.1, 0.15) is 38.7 Å².